The van der Waals surface area contributed by atoms with Crippen LogP contribution in [0.1, 0.15) is 46.0 Å². The van der Waals surface area contributed by atoms with Crippen molar-refractivity contribution in [3.05, 3.63) is 0 Å². The van der Waals surface area contributed by atoms with Crippen molar-refractivity contribution < 1.29 is 9.59 Å². The molecule has 0 aliphatic heterocycles. The van der Waals surface area contributed by atoms with Gasteiger partial charge in [0.15, 0.2) is 0 Å². The largest absolute Gasteiger partial charge is 0.355 e. The SMILES string of the molecule is CCCNC(=O)CN(C)C(=O)CN(C)C1CCC(C)CC1. The van der Waals surface area contributed by atoms with Crippen LogP contribution in [0.15, 0.2) is 0 Å². The first-order valence-electron chi connectivity index (χ1n) is 8.15. The molecule has 5 heteroatoms. The normalized spacial score (nSPS) is 22.1. The number of nitrogens with one attached hydrogen (secondary N) is 1. The molecule has 1 N–H and O–H groups in total. The highest BCUT2D eigenvalue weighted by Gasteiger charge is 2.24. The van der Waals surface area contributed by atoms with Gasteiger partial charge in [0.25, 0.3) is 0 Å². The van der Waals surface area contributed by atoms with Crippen molar-refractivity contribution in [1.82, 2.24) is 15.1 Å². The molecule has 21 heavy (non-hydrogen) atoms. The molecule has 0 radical (unpaired) electrons. The summed E-state index contributed by atoms with van der Waals surface area (Å²) in [5.41, 5.74) is 0. The summed E-state index contributed by atoms with van der Waals surface area (Å²) in [4.78, 5) is 27.5. The zero-order valence-corrected chi connectivity index (χ0v) is 14.0. The molecule has 1 saturated carbocycles. The lowest BCUT2D eigenvalue weighted by Gasteiger charge is -2.33. The molecule has 0 aromatic heterocycles. The van der Waals surface area contributed by atoms with E-state index < -0.39 is 0 Å². The Kier molecular flexibility index (Phi) is 7.72. The highest BCUT2D eigenvalue weighted by atomic mass is 16.2. The van der Waals surface area contributed by atoms with Crippen LogP contribution in [-0.4, -0.2) is 61.4 Å². The fourth-order valence-corrected chi connectivity index (χ4v) is 2.77. The number of nitrogens with zero attached hydrogens (tertiary/aromatic N) is 2. The molecule has 0 aromatic carbocycles. The molecule has 0 spiro atoms. The highest BCUT2D eigenvalue weighted by molar-refractivity contribution is 5.85. The van der Waals surface area contributed by atoms with E-state index >= 15 is 0 Å². The van der Waals surface area contributed by atoms with E-state index in [9.17, 15) is 9.59 Å². The summed E-state index contributed by atoms with van der Waals surface area (Å²) in [6.45, 7) is 5.52. The Morgan fingerprint density at radius 2 is 1.71 bits per heavy atom. The van der Waals surface area contributed by atoms with Gasteiger partial charge in [0.1, 0.15) is 0 Å². The molecule has 1 rings (SSSR count). The van der Waals surface area contributed by atoms with Crippen molar-refractivity contribution in [2.45, 2.75) is 52.0 Å². The second-order valence-corrected chi connectivity index (χ2v) is 6.43. The Morgan fingerprint density at radius 1 is 1.10 bits per heavy atom. The quantitative estimate of drug-likeness (QED) is 0.774. The minimum atomic E-state index is -0.0816. The highest BCUT2D eigenvalue weighted by Crippen LogP contribution is 2.26. The van der Waals surface area contributed by atoms with Gasteiger partial charge in [-0.15, -0.1) is 0 Å². The minimum Gasteiger partial charge on any atom is -0.355 e. The third kappa shape index (κ3) is 6.46. The van der Waals surface area contributed by atoms with Crippen LogP contribution >= 0.6 is 0 Å². The van der Waals surface area contributed by atoms with Crippen molar-refractivity contribution in [2.24, 2.45) is 5.92 Å². The topological polar surface area (TPSA) is 52.7 Å². The van der Waals surface area contributed by atoms with E-state index in [0.29, 0.717) is 19.1 Å². The van der Waals surface area contributed by atoms with Crippen molar-refractivity contribution in [3.63, 3.8) is 0 Å². The smallest absolute Gasteiger partial charge is 0.239 e. The average molecular weight is 297 g/mol. The van der Waals surface area contributed by atoms with E-state index in [1.165, 1.54) is 30.6 Å². The number of amides is 2. The molecular formula is C16H31N3O2. The van der Waals surface area contributed by atoms with Crippen LogP contribution < -0.4 is 5.32 Å². The van der Waals surface area contributed by atoms with E-state index in [2.05, 4.69) is 17.1 Å². The van der Waals surface area contributed by atoms with Crippen LogP contribution in [-0.2, 0) is 9.59 Å². The van der Waals surface area contributed by atoms with Gasteiger partial charge in [-0.3, -0.25) is 14.5 Å². The number of hydrogen-bond acceptors (Lipinski definition) is 3. The molecule has 122 valence electrons. The number of rotatable bonds is 7. The molecule has 1 fully saturated rings. The summed E-state index contributed by atoms with van der Waals surface area (Å²) < 4.78 is 0. The molecule has 1 aliphatic carbocycles. The summed E-state index contributed by atoms with van der Waals surface area (Å²) in [6.07, 6.45) is 5.75. The van der Waals surface area contributed by atoms with Gasteiger partial charge in [-0.2, -0.15) is 0 Å². The van der Waals surface area contributed by atoms with Gasteiger partial charge >= 0.3 is 0 Å². The van der Waals surface area contributed by atoms with Gasteiger partial charge in [0.05, 0.1) is 13.1 Å². The Balaban J connectivity index is 2.32. The maximum Gasteiger partial charge on any atom is 0.239 e. The summed E-state index contributed by atoms with van der Waals surface area (Å²) >= 11 is 0. The second kappa shape index (κ2) is 9.03. The van der Waals surface area contributed by atoms with Gasteiger partial charge < -0.3 is 10.2 Å². The van der Waals surface area contributed by atoms with Gasteiger partial charge in [0.2, 0.25) is 11.8 Å². The van der Waals surface area contributed by atoms with Crippen LogP contribution in [0, 0.1) is 5.92 Å². The minimum absolute atomic E-state index is 0.0165. The molecule has 5 nitrogen and oxygen atoms in total. The molecule has 0 aromatic rings. The predicted molar refractivity (Wildman–Crippen MR) is 85.0 cm³/mol. The number of hydrogen-bond donors (Lipinski definition) is 1. The van der Waals surface area contributed by atoms with Gasteiger partial charge in [0, 0.05) is 19.6 Å². The van der Waals surface area contributed by atoms with E-state index in [4.69, 9.17) is 0 Å². The van der Waals surface area contributed by atoms with Crippen molar-refractivity contribution in [2.75, 3.05) is 33.7 Å². The third-order valence-corrected chi connectivity index (χ3v) is 4.37. The van der Waals surface area contributed by atoms with Crippen LogP contribution in [0.25, 0.3) is 0 Å². The first-order chi connectivity index (χ1) is 9.93. The molecular weight excluding hydrogens is 266 g/mol. The monoisotopic (exact) mass is 297 g/mol. The standard InChI is InChI=1S/C16H31N3O2/c1-5-10-17-15(20)11-19(4)16(21)12-18(3)14-8-6-13(2)7-9-14/h13-14H,5-12H2,1-4H3,(H,17,20). The van der Waals surface area contributed by atoms with E-state index in [0.717, 1.165) is 12.3 Å². The lowest BCUT2D eigenvalue weighted by molar-refractivity contribution is -0.135. The fraction of sp³-hybridized carbons (Fsp3) is 0.875. The van der Waals surface area contributed by atoms with Crippen LogP contribution in [0.3, 0.4) is 0 Å². The maximum absolute atomic E-state index is 12.2. The number of likely N-dealkylation sites (N-methyl/N-ethyl adjacent to an activating group) is 2. The predicted octanol–water partition coefficient (Wildman–Crippen LogP) is 1.48. The van der Waals surface area contributed by atoms with Crippen molar-refractivity contribution in [1.29, 1.82) is 0 Å². The summed E-state index contributed by atoms with van der Waals surface area (Å²) in [6, 6.07) is 0.507. The first-order valence-corrected chi connectivity index (χ1v) is 8.15. The van der Waals surface area contributed by atoms with E-state index in [-0.39, 0.29) is 18.4 Å². The lowest BCUT2D eigenvalue weighted by atomic mass is 9.87. The second-order valence-electron chi connectivity index (χ2n) is 6.43. The Morgan fingerprint density at radius 3 is 2.29 bits per heavy atom. The van der Waals surface area contributed by atoms with Gasteiger partial charge in [-0.25, -0.2) is 0 Å². The number of carbonyl (C=O) groups is 2. The van der Waals surface area contributed by atoms with E-state index in [1.54, 1.807) is 7.05 Å². The molecule has 0 atom stereocenters. The van der Waals surface area contributed by atoms with Crippen LogP contribution in [0.5, 0.6) is 0 Å². The molecule has 1 aliphatic rings. The Labute approximate surface area is 129 Å². The molecule has 0 saturated heterocycles. The van der Waals surface area contributed by atoms with Crippen LogP contribution in [0.4, 0.5) is 0 Å². The fourth-order valence-electron chi connectivity index (χ4n) is 2.77. The zero-order valence-electron chi connectivity index (χ0n) is 14.0. The van der Waals surface area contributed by atoms with Gasteiger partial charge in [-0.05, 0) is 45.1 Å². The average Bonchev–Trinajstić information content (AvgIpc) is 2.45. The first kappa shape index (κ1) is 18.0. The molecule has 0 heterocycles. The van der Waals surface area contributed by atoms with Crippen molar-refractivity contribution >= 4 is 11.8 Å². The summed E-state index contributed by atoms with van der Waals surface area (Å²) in [7, 11) is 3.72. The molecule has 2 amide bonds. The van der Waals surface area contributed by atoms with Crippen molar-refractivity contribution in [3.8, 4) is 0 Å². The zero-order chi connectivity index (χ0) is 15.8. The molecule has 0 unspecified atom stereocenters. The Hall–Kier alpha value is -1.10. The summed E-state index contributed by atoms with van der Waals surface area (Å²) in [5, 5.41) is 2.79. The Bertz CT molecular complexity index is 338. The maximum atomic E-state index is 12.2. The number of carbonyl (C=O) groups excluding carboxylic acids is 2. The van der Waals surface area contributed by atoms with Gasteiger partial charge in [-0.1, -0.05) is 13.8 Å². The van der Waals surface area contributed by atoms with E-state index in [1.807, 2.05) is 14.0 Å². The lowest BCUT2D eigenvalue weighted by Crippen LogP contribution is -2.45. The van der Waals surface area contributed by atoms with Crippen LogP contribution in [0.2, 0.25) is 0 Å². The molecule has 0 bridgehead atoms. The third-order valence-electron chi connectivity index (χ3n) is 4.37. The summed E-state index contributed by atoms with van der Waals surface area (Å²) in [5.74, 6) is 0.750.